The lowest BCUT2D eigenvalue weighted by Crippen LogP contribution is -2.26. The van der Waals surface area contributed by atoms with Crippen molar-refractivity contribution in [3.8, 4) is 0 Å². The predicted octanol–water partition coefficient (Wildman–Crippen LogP) is 1.36. The molecular formula is C12H19N5. The van der Waals surface area contributed by atoms with E-state index in [9.17, 15) is 0 Å². The number of likely N-dealkylation sites (N-methyl/N-ethyl adjacent to an activating group) is 1. The van der Waals surface area contributed by atoms with Gasteiger partial charge in [-0.15, -0.1) is 0 Å². The van der Waals surface area contributed by atoms with Gasteiger partial charge in [0.15, 0.2) is 5.65 Å². The molecule has 2 aromatic heterocycles. The summed E-state index contributed by atoms with van der Waals surface area (Å²) in [6, 6.07) is 1.86. The second kappa shape index (κ2) is 5.14. The number of nitrogen functional groups attached to an aromatic ring is 1. The van der Waals surface area contributed by atoms with Gasteiger partial charge in [0.1, 0.15) is 5.52 Å². The van der Waals surface area contributed by atoms with Crippen LogP contribution in [0.4, 0.5) is 5.69 Å². The van der Waals surface area contributed by atoms with Crippen LogP contribution in [0.15, 0.2) is 18.6 Å². The van der Waals surface area contributed by atoms with Crippen molar-refractivity contribution in [2.24, 2.45) is 0 Å². The Kier molecular flexibility index (Phi) is 3.58. The van der Waals surface area contributed by atoms with E-state index in [1.807, 2.05) is 12.4 Å². The first kappa shape index (κ1) is 11.9. The van der Waals surface area contributed by atoms with Crippen LogP contribution < -0.4 is 5.73 Å². The van der Waals surface area contributed by atoms with E-state index < -0.39 is 0 Å². The fourth-order valence-corrected chi connectivity index (χ4v) is 1.92. The molecule has 2 N–H and O–H groups in total. The van der Waals surface area contributed by atoms with Gasteiger partial charge in [-0.25, -0.2) is 9.97 Å². The second-order valence-electron chi connectivity index (χ2n) is 4.08. The second-order valence-corrected chi connectivity index (χ2v) is 4.08. The number of rotatable bonds is 5. The number of pyridine rings is 1. The van der Waals surface area contributed by atoms with Crippen molar-refractivity contribution in [3.05, 3.63) is 18.6 Å². The van der Waals surface area contributed by atoms with Crippen molar-refractivity contribution in [2.45, 2.75) is 20.4 Å². The molecule has 0 fully saturated rings. The largest absolute Gasteiger partial charge is 0.397 e. The lowest BCUT2D eigenvalue weighted by Gasteiger charge is -2.17. The van der Waals surface area contributed by atoms with Crippen LogP contribution in [0.1, 0.15) is 13.8 Å². The molecule has 17 heavy (non-hydrogen) atoms. The molecule has 0 unspecified atom stereocenters. The molecule has 0 aliphatic rings. The van der Waals surface area contributed by atoms with Crippen LogP contribution in [0.25, 0.3) is 11.2 Å². The molecule has 0 atom stereocenters. The summed E-state index contributed by atoms with van der Waals surface area (Å²) in [7, 11) is 0. The summed E-state index contributed by atoms with van der Waals surface area (Å²) in [5.41, 5.74) is 8.11. The standard InChI is InChI=1S/C12H19N5/c1-3-16(4-2)5-6-17-9-15-11-7-10(13)8-14-12(11)17/h7-9H,3-6,13H2,1-2H3. The van der Waals surface area contributed by atoms with Gasteiger partial charge in [0, 0.05) is 13.1 Å². The molecule has 0 radical (unpaired) electrons. The van der Waals surface area contributed by atoms with Crippen LogP contribution in [-0.4, -0.2) is 39.1 Å². The molecule has 0 aliphatic heterocycles. The highest BCUT2D eigenvalue weighted by molar-refractivity contribution is 5.74. The van der Waals surface area contributed by atoms with Crippen LogP contribution in [0.2, 0.25) is 0 Å². The number of aromatic nitrogens is 3. The number of imidazole rings is 1. The molecule has 0 aromatic carbocycles. The lowest BCUT2D eigenvalue weighted by molar-refractivity contribution is 0.291. The fourth-order valence-electron chi connectivity index (χ4n) is 1.92. The van der Waals surface area contributed by atoms with Crippen LogP contribution in [-0.2, 0) is 6.54 Å². The van der Waals surface area contributed by atoms with Crippen molar-refractivity contribution in [2.75, 3.05) is 25.4 Å². The summed E-state index contributed by atoms with van der Waals surface area (Å²) < 4.78 is 2.08. The average molecular weight is 233 g/mol. The zero-order valence-electron chi connectivity index (χ0n) is 10.4. The maximum atomic E-state index is 5.68. The van der Waals surface area contributed by atoms with Crippen molar-refractivity contribution in [1.82, 2.24) is 19.4 Å². The summed E-state index contributed by atoms with van der Waals surface area (Å²) in [4.78, 5) is 11.0. The van der Waals surface area contributed by atoms with Crippen LogP contribution in [0.3, 0.4) is 0 Å². The first-order valence-corrected chi connectivity index (χ1v) is 6.03. The Balaban J connectivity index is 2.14. The van der Waals surface area contributed by atoms with Crippen molar-refractivity contribution < 1.29 is 0 Å². The minimum Gasteiger partial charge on any atom is -0.397 e. The van der Waals surface area contributed by atoms with Crippen LogP contribution in [0.5, 0.6) is 0 Å². The third kappa shape index (κ3) is 2.55. The molecule has 5 nitrogen and oxygen atoms in total. The molecule has 2 heterocycles. The zero-order chi connectivity index (χ0) is 12.3. The van der Waals surface area contributed by atoms with Gasteiger partial charge < -0.3 is 15.2 Å². The minimum absolute atomic E-state index is 0.659. The summed E-state index contributed by atoms with van der Waals surface area (Å²) in [6.45, 7) is 8.43. The van der Waals surface area contributed by atoms with E-state index in [0.717, 1.165) is 37.3 Å². The normalized spacial score (nSPS) is 11.5. The highest BCUT2D eigenvalue weighted by atomic mass is 15.2. The number of nitrogens with zero attached hydrogens (tertiary/aromatic N) is 4. The number of fused-ring (bicyclic) bond motifs is 1. The highest BCUT2D eigenvalue weighted by Crippen LogP contribution is 2.12. The van der Waals surface area contributed by atoms with E-state index in [2.05, 4.69) is 33.3 Å². The quantitative estimate of drug-likeness (QED) is 0.847. The van der Waals surface area contributed by atoms with Gasteiger partial charge in [-0.2, -0.15) is 0 Å². The smallest absolute Gasteiger partial charge is 0.159 e. The molecule has 0 saturated carbocycles. The van der Waals surface area contributed by atoms with Gasteiger partial charge in [-0.05, 0) is 19.2 Å². The summed E-state index contributed by atoms with van der Waals surface area (Å²) >= 11 is 0. The lowest BCUT2D eigenvalue weighted by atomic mass is 10.4. The Bertz CT molecular complexity index is 487. The average Bonchev–Trinajstić information content (AvgIpc) is 2.73. The molecule has 0 spiro atoms. The number of anilines is 1. The molecule has 5 heteroatoms. The molecule has 2 rings (SSSR count). The predicted molar refractivity (Wildman–Crippen MR) is 69.7 cm³/mol. The number of hydrogen-bond donors (Lipinski definition) is 1. The first-order valence-electron chi connectivity index (χ1n) is 6.03. The van der Waals surface area contributed by atoms with E-state index in [0.29, 0.717) is 5.69 Å². The van der Waals surface area contributed by atoms with E-state index >= 15 is 0 Å². The van der Waals surface area contributed by atoms with Crippen LogP contribution in [0, 0.1) is 0 Å². The SMILES string of the molecule is CCN(CC)CCn1cnc2cc(N)cnc21. The van der Waals surface area contributed by atoms with Crippen molar-refractivity contribution in [1.29, 1.82) is 0 Å². The third-order valence-corrected chi connectivity index (χ3v) is 3.03. The Morgan fingerprint density at radius 1 is 1.29 bits per heavy atom. The Hall–Kier alpha value is -1.62. The Morgan fingerprint density at radius 3 is 2.76 bits per heavy atom. The van der Waals surface area contributed by atoms with E-state index in [-0.39, 0.29) is 0 Å². The molecule has 0 bridgehead atoms. The molecular weight excluding hydrogens is 214 g/mol. The Morgan fingerprint density at radius 2 is 2.06 bits per heavy atom. The number of nitrogens with two attached hydrogens (primary N) is 1. The summed E-state index contributed by atoms with van der Waals surface area (Å²) in [6.07, 6.45) is 3.51. The maximum Gasteiger partial charge on any atom is 0.159 e. The molecule has 2 aromatic rings. The monoisotopic (exact) mass is 233 g/mol. The van der Waals surface area contributed by atoms with Gasteiger partial charge in [0.25, 0.3) is 0 Å². The highest BCUT2D eigenvalue weighted by Gasteiger charge is 2.05. The van der Waals surface area contributed by atoms with Gasteiger partial charge in [0.05, 0.1) is 18.2 Å². The van der Waals surface area contributed by atoms with Gasteiger partial charge in [-0.3, -0.25) is 0 Å². The molecule has 0 aliphatic carbocycles. The minimum atomic E-state index is 0.659. The molecule has 0 saturated heterocycles. The topological polar surface area (TPSA) is 60.0 Å². The van der Waals surface area contributed by atoms with E-state index in [4.69, 9.17) is 5.73 Å². The zero-order valence-corrected chi connectivity index (χ0v) is 10.4. The van der Waals surface area contributed by atoms with E-state index in [1.165, 1.54) is 0 Å². The van der Waals surface area contributed by atoms with Gasteiger partial charge in [-0.1, -0.05) is 13.8 Å². The fraction of sp³-hybridized carbons (Fsp3) is 0.500. The summed E-state index contributed by atoms with van der Waals surface area (Å²) in [5, 5.41) is 0. The Labute approximate surface area is 101 Å². The van der Waals surface area contributed by atoms with Gasteiger partial charge >= 0.3 is 0 Å². The maximum absolute atomic E-state index is 5.68. The molecule has 92 valence electrons. The van der Waals surface area contributed by atoms with Gasteiger partial charge in [0.2, 0.25) is 0 Å². The van der Waals surface area contributed by atoms with Crippen molar-refractivity contribution >= 4 is 16.9 Å². The first-order chi connectivity index (χ1) is 8.24. The van der Waals surface area contributed by atoms with Crippen LogP contribution >= 0.6 is 0 Å². The third-order valence-electron chi connectivity index (χ3n) is 3.03. The van der Waals surface area contributed by atoms with Crippen molar-refractivity contribution in [3.63, 3.8) is 0 Å². The number of hydrogen-bond acceptors (Lipinski definition) is 4. The van der Waals surface area contributed by atoms with E-state index in [1.54, 1.807) is 6.20 Å². The molecule has 0 amide bonds. The summed E-state index contributed by atoms with van der Waals surface area (Å²) in [5.74, 6) is 0.